The number of fused-ring (bicyclic) bond motifs is 1. The molecule has 2 N–H and O–H groups in total. The minimum atomic E-state index is -0.376. The Hall–Kier alpha value is -2.22. The summed E-state index contributed by atoms with van der Waals surface area (Å²) in [4.78, 5) is 20.1. The summed E-state index contributed by atoms with van der Waals surface area (Å²) in [7, 11) is 1.35. The van der Waals surface area contributed by atoms with Gasteiger partial charge in [-0.05, 0) is 25.2 Å². The van der Waals surface area contributed by atoms with Gasteiger partial charge in [0.2, 0.25) is 0 Å². The van der Waals surface area contributed by atoms with Crippen LogP contribution in [0, 0.1) is 5.92 Å². The van der Waals surface area contributed by atoms with Gasteiger partial charge in [0.25, 0.3) is 0 Å². The number of aromatic nitrogens is 4. The summed E-state index contributed by atoms with van der Waals surface area (Å²) in [5, 5.41) is 17.9. The number of esters is 1. The second-order valence-corrected chi connectivity index (χ2v) is 6.50. The Bertz CT molecular complexity index is 711. The van der Waals surface area contributed by atoms with Crippen LogP contribution in [-0.4, -0.2) is 50.6 Å². The third-order valence-electron chi connectivity index (χ3n) is 4.92. The highest BCUT2D eigenvalue weighted by Crippen LogP contribution is 2.30. The molecule has 0 bridgehead atoms. The van der Waals surface area contributed by atoms with Crippen molar-refractivity contribution in [3.63, 3.8) is 0 Å². The molecule has 1 atom stereocenters. The number of methoxy groups -OCH3 is 1. The van der Waals surface area contributed by atoms with Crippen molar-refractivity contribution in [2.24, 2.45) is 5.92 Å². The monoisotopic (exact) mass is 347 g/mol. The van der Waals surface area contributed by atoms with E-state index >= 15 is 0 Å². The van der Waals surface area contributed by atoms with Gasteiger partial charge in [0, 0.05) is 12.6 Å². The molecule has 1 unspecified atom stereocenters. The van der Waals surface area contributed by atoms with Gasteiger partial charge < -0.3 is 15.2 Å². The fourth-order valence-electron chi connectivity index (χ4n) is 3.59. The molecule has 2 aromatic rings. The fraction of sp³-hybridized carbons (Fsp3) is 0.647. The molecule has 136 valence electrons. The topological polar surface area (TPSA) is 102 Å². The van der Waals surface area contributed by atoms with Crippen LogP contribution < -0.4 is 5.32 Å². The predicted octanol–water partition coefficient (Wildman–Crippen LogP) is 1.74. The maximum Gasteiger partial charge on any atom is 0.327 e. The van der Waals surface area contributed by atoms with E-state index in [0.717, 1.165) is 5.39 Å². The van der Waals surface area contributed by atoms with Crippen molar-refractivity contribution in [2.75, 3.05) is 19.0 Å². The zero-order valence-corrected chi connectivity index (χ0v) is 14.5. The molecule has 0 spiro atoms. The van der Waals surface area contributed by atoms with Crippen LogP contribution in [0.15, 0.2) is 12.5 Å². The molecule has 1 fully saturated rings. The Labute approximate surface area is 146 Å². The predicted molar refractivity (Wildman–Crippen MR) is 93.0 cm³/mol. The van der Waals surface area contributed by atoms with Gasteiger partial charge in [0.1, 0.15) is 18.7 Å². The number of carbonyl (C=O) groups excluding carboxylic acids is 1. The standard InChI is InChI=1S/C17H25N5O3/c1-25-15(24)10-22-17-13(9-20-22)16(18-11-19-17)21-14(7-8-23)12-5-3-2-4-6-12/h9,11-12,14,23H,2-8,10H2,1H3,(H,18,19,21). The summed E-state index contributed by atoms with van der Waals surface area (Å²) >= 11 is 0. The molecule has 0 radical (unpaired) electrons. The second-order valence-electron chi connectivity index (χ2n) is 6.50. The van der Waals surface area contributed by atoms with Gasteiger partial charge in [0.05, 0.1) is 18.7 Å². The molecule has 1 saturated carbocycles. The van der Waals surface area contributed by atoms with E-state index in [1.807, 2.05) is 0 Å². The molecule has 1 aliphatic carbocycles. The molecule has 0 saturated heterocycles. The van der Waals surface area contributed by atoms with E-state index in [-0.39, 0.29) is 25.2 Å². The average molecular weight is 347 g/mol. The van der Waals surface area contributed by atoms with Crippen LogP contribution in [0.2, 0.25) is 0 Å². The molecule has 25 heavy (non-hydrogen) atoms. The number of nitrogens with one attached hydrogen (secondary N) is 1. The number of ether oxygens (including phenoxy) is 1. The number of hydrogen-bond acceptors (Lipinski definition) is 7. The lowest BCUT2D eigenvalue weighted by atomic mass is 9.82. The molecule has 3 rings (SSSR count). The number of carbonyl (C=O) groups is 1. The van der Waals surface area contributed by atoms with Crippen molar-refractivity contribution in [2.45, 2.75) is 51.1 Å². The Kier molecular flexibility index (Phi) is 5.80. The van der Waals surface area contributed by atoms with Crippen molar-refractivity contribution in [3.8, 4) is 0 Å². The SMILES string of the molecule is COC(=O)Cn1ncc2c(NC(CCO)C3CCCCC3)ncnc21. The van der Waals surface area contributed by atoms with Crippen LogP contribution in [0.5, 0.6) is 0 Å². The largest absolute Gasteiger partial charge is 0.468 e. The number of hydrogen-bond donors (Lipinski definition) is 2. The summed E-state index contributed by atoms with van der Waals surface area (Å²) in [6, 6.07) is 0.173. The highest BCUT2D eigenvalue weighted by molar-refractivity contribution is 5.87. The number of aliphatic hydroxyl groups excluding tert-OH is 1. The normalized spacial score (nSPS) is 16.7. The summed E-state index contributed by atoms with van der Waals surface area (Å²) in [5.74, 6) is 0.861. The van der Waals surface area contributed by atoms with Crippen molar-refractivity contribution in [1.82, 2.24) is 19.7 Å². The van der Waals surface area contributed by atoms with Crippen LogP contribution >= 0.6 is 0 Å². The van der Waals surface area contributed by atoms with Crippen LogP contribution in [0.25, 0.3) is 11.0 Å². The van der Waals surface area contributed by atoms with Gasteiger partial charge in [0.15, 0.2) is 5.65 Å². The van der Waals surface area contributed by atoms with E-state index in [0.29, 0.717) is 23.8 Å². The van der Waals surface area contributed by atoms with Crippen molar-refractivity contribution in [1.29, 1.82) is 0 Å². The third kappa shape index (κ3) is 4.07. The first-order valence-corrected chi connectivity index (χ1v) is 8.83. The van der Waals surface area contributed by atoms with E-state index in [2.05, 4.69) is 20.4 Å². The highest BCUT2D eigenvalue weighted by atomic mass is 16.5. The molecular weight excluding hydrogens is 322 g/mol. The smallest absolute Gasteiger partial charge is 0.327 e. The number of rotatable bonds is 7. The number of anilines is 1. The third-order valence-corrected chi connectivity index (χ3v) is 4.92. The Morgan fingerprint density at radius 2 is 2.20 bits per heavy atom. The Balaban J connectivity index is 1.83. The maximum atomic E-state index is 11.5. The Morgan fingerprint density at radius 3 is 2.92 bits per heavy atom. The summed E-state index contributed by atoms with van der Waals surface area (Å²) in [6.07, 6.45) is 9.94. The molecule has 8 nitrogen and oxygen atoms in total. The first-order valence-electron chi connectivity index (χ1n) is 8.83. The van der Waals surface area contributed by atoms with Crippen molar-refractivity contribution < 1.29 is 14.6 Å². The molecule has 2 aromatic heterocycles. The summed E-state index contributed by atoms with van der Waals surface area (Å²) in [5.41, 5.74) is 0.592. The van der Waals surface area contributed by atoms with E-state index in [9.17, 15) is 9.90 Å². The van der Waals surface area contributed by atoms with Crippen molar-refractivity contribution in [3.05, 3.63) is 12.5 Å². The number of aliphatic hydroxyl groups is 1. The molecule has 0 aromatic carbocycles. The van der Waals surface area contributed by atoms with Gasteiger partial charge in [-0.25, -0.2) is 14.6 Å². The lowest BCUT2D eigenvalue weighted by Crippen LogP contribution is -2.32. The van der Waals surface area contributed by atoms with Gasteiger partial charge in [-0.2, -0.15) is 5.10 Å². The van der Waals surface area contributed by atoms with Gasteiger partial charge in [-0.1, -0.05) is 19.3 Å². The Morgan fingerprint density at radius 1 is 1.40 bits per heavy atom. The molecule has 8 heteroatoms. The maximum absolute atomic E-state index is 11.5. The summed E-state index contributed by atoms with van der Waals surface area (Å²) in [6.45, 7) is 0.156. The highest BCUT2D eigenvalue weighted by Gasteiger charge is 2.24. The van der Waals surface area contributed by atoms with Crippen LogP contribution in [-0.2, 0) is 16.1 Å². The molecule has 2 heterocycles. The minimum absolute atomic E-state index is 0.0130. The quantitative estimate of drug-likeness (QED) is 0.736. The van der Waals surface area contributed by atoms with Gasteiger partial charge in [-0.3, -0.25) is 4.79 Å². The zero-order chi connectivity index (χ0) is 17.6. The molecule has 1 aliphatic rings. The van der Waals surface area contributed by atoms with Gasteiger partial charge in [-0.15, -0.1) is 0 Å². The fourth-order valence-corrected chi connectivity index (χ4v) is 3.59. The van der Waals surface area contributed by atoms with E-state index in [1.165, 1.54) is 50.2 Å². The molecular formula is C17H25N5O3. The van der Waals surface area contributed by atoms with E-state index in [4.69, 9.17) is 4.74 Å². The average Bonchev–Trinajstić information content (AvgIpc) is 3.06. The molecule has 0 aliphatic heterocycles. The van der Waals surface area contributed by atoms with Crippen LogP contribution in [0.1, 0.15) is 38.5 Å². The van der Waals surface area contributed by atoms with Crippen LogP contribution in [0.3, 0.4) is 0 Å². The molecule has 0 amide bonds. The van der Waals surface area contributed by atoms with E-state index in [1.54, 1.807) is 6.20 Å². The van der Waals surface area contributed by atoms with Crippen molar-refractivity contribution >= 4 is 22.8 Å². The first-order chi connectivity index (χ1) is 12.2. The summed E-state index contributed by atoms with van der Waals surface area (Å²) < 4.78 is 6.20. The minimum Gasteiger partial charge on any atom is -0.468 e. The first kappa shape index (κ1) is 17.6. The zero-order valence-electron chi connectivity index (χ0n) is 14.5. The lowest BCUT2D eigenvalue weighted by Gasteiger charge is -2.31. The lowest BCUT2D eigenvalue weighted by molar-refractivity contribution is -0.141. The van der Waals surface area contributed by atoms with Crippen LogP contribution in [0.4, 0.5) is 5.82 Å². The second kappa shape index (κ2) is 8.24. The van der Waals surface area contributed by atoms with E-state index < -0.39 is 0 Å². The number of nitrogens with zero attached hydrogens (tertiary/aromatic N) is 4. The van der Waals surface area contributed by atoms with Gasteiger partial charge >= 0.3 is 5.97 Å².